The molecule has 72 valence electrons. The van der Waals surface area contributed by atoms with E-state index in [1.54, 1.807) is 0 Å². The molecule has 0 aliphatic rings. The Kier molecular flexibility index (Phi) is 4.46. The number of rotatable bonds is 4. The summed E-state index contributed by atoms with van der Waals surface area (Å²) in [6.45, 7) is 3.73. The Hall–Kier alpha value is -1.59. The summed E-state index contributed by atoms with van der Waals surface area (Å²) in [7, 11) is 0. The van der Waals surface area contributed by atoms with Crippen LogP contribution in [-0.2, 0) is 6.54 Å². The Morgan fingerprint density at radius 3 is 2.64 bits per heavy atom. The van der Waals surface area contributed by atoms with Crippen LogP contribution in [0.25, 0.3) is 0 Å². The number of nitriles is 1. The first kappa shape index (κ1) is 10.5. The number of nitrogens with one attached hydrogen (secondary N) is 1. The third kappa shape index (κ3) is 3.42. The standard InChI is InChI=1S/C12H14N2/c1-2-3-8-14-10-12-6-4-11(9-13)5-7-12/h2-7,14H,8,10H2,1H3/b3-2+. The van der Waals surface area contributed by atoms with Gasteiger partial charge in [-0.3, -0.25) is 0 Å². The summed E-state index contributed by atoms with van der Waals surface area (Å²) in [5, 5.41) is 11.9. The first-order valence-corrected chi connectivity index (χ1v) is 4.67. The minimum absolute atomic E-state index is 0.710. The zero-order valence-corrected chi connectivity index (χ0v) is 8.33. The highest BCUT2D eigenvalue weighted by atomic mass is 14.8. The molecule has 1 N–H and O–H groups in total. The third-order valence-electron chi connectivity index (χ3n) is 1.91. The molecule has 0 aliphatic heterocycles. The minimum atomic E-state index is 0.710. The van der Waals surface area contributed by atoms with Crippen molar-refractivity contribution in [2.75, 3.05) is 6.54 Å². The van der Waals surface area contributed by atoms with Gasteiger partial charge in [0.2, 0.25) is 0 Å². The van der Waals surface area contributed by atoms with E-state index in [-0.39, 0.29) is 0 Å². The molecule has 0 unspecified atom stereocenters. The lowest BCUT2D eigenvalue weighted by atomic mass is 10.1. The molecule has 2 nitrogen and oxygen atoms in total. The Labute approximate surface area is 84.9 Å². The van der Waals surface area contributed by atoms with Gasteiger partial charge in [0.05, 0.1) is 11.6 Å². The van der Waals surface area contributed by atoms with Gasteiger partial charge in [-0.1, -0.05) is 24.3 Å². The molecule has 0 radical (unpaired) electrons. The Morgan fingerprint density at radius 2 is 2.07 bits per heavy atom. The van der Waals surface area contributed by atoms with Crippen molar-refractivity contribution in [1.29, 1.82) is 5.26 Å². The van der Waals surface area contributed by atoms with Gasteiger partial charge in [0.25, 0.3) is 0 Å². The summed E-state index contributed by atoms with van der Waals surface area (Å²) in [6, 6.07) is 9.73. The zero-order chi connectivity index (χ0) is 10.2. The van der Waals surface area contributed by atoms with Crippen LogP contribution in [0.2, 0.25) is 0 Å². The molecule has 1 aromatic rings. The molecule has 14 heavy (non-hydrogen) atoms. The number of allylic oxidation sites excluding steroid dienone is 1. The van der Waals surface area contributed by atoms with Crippen LogP contribution < -0.4 is 5.32 Å². The monoisotopic (exact) mass is 186 g/mol. The molecular weight excluding hydrogens is 172 g/mol. The summed E-state index contributed by atoms with van der Waals surface area (Å²) in [4.78, 5) is 0. The van der Waals surface area contributed by atoms with E-state index >= 15 is 0 Å². The maximum absolute atomic E-state index is 8.60. The van der Waals surface area contributed by atoms with E-state index in [1.807, 2.05) is 37.3 Å². The average molecular weight is 186 g/mol. The first-order valence-electron chi connectivity index (χ1n) is 4.67. The maximum atomic E-state index is 8.60. The Bertz CT molecular complexity index is 330. The second kappa shape index (κ2) is 5.95. The predicted molar refractivity (Wildman–Crippen MR) is 57.7 cm³/mol. The zero-order valence-electron chi connectivity index (χ0n) is 8.33. The van der Waals surface area contributed by atoms with Gasteiger partial charge < -0.3 is 5.32 Å². The fourth-order valence-electron chi connectivity index (χ4n) is 1.11. The number of nitrogens with zero attached hydrogens (tertiary/aromatic N) is 1. The van der Waals surface area contributed by atoms with Crippen LogP contribution in [0.3, 0.4) is 0 Å². The molecule has 1 aromatic carbocycles. The SMILES string of the molecule is C/C=C/CNCc1ccc(C#N)cc1. The predicted octanol–water partition coefficient (Wildman–Crippen LogP) is 2.22. The quantitative estimate of drug-likeness (QED) is 0.578. The van der Waals surface area contributed by atoms with E-state index in [9.17, 15) is 0 Å². The van der Waals surface area contributed by atoms with Crippen LogP contribution in [-0.4, -0.2) is 6.54 Å². The molecule has 1 rings (SSSR count). The smallest absolute Gasteiger partial charge is 0.0991 e. The summed E-state index contributed by atoms with van der Waals surface area (Å²) >= 11 is 0. The minimum Gasteiger partial charge on any atom is -0.309 e. The van der Waals surface area contributed by atoms with Crippen molar-refractivity contribution in [3.05, 3.63) is 47.5 Å². The number of benzene rings is 1. The van der Waals surface area contributed by atoms with Gasteiger partial charge in [-0.25, -0.2) is 0 Å². The van der Waals surface area contributed by atoms with Gasteiger partial charge in [-0.2, -0.15) is 5.26 Å². The van der Waals surface area contributed by atoms with Gasteiger partial charge >= 0.3 is 0 Å². The normalized spacial score (nSPS) is 10.3. The lowest BCUT2D eigenvalue weighted by Crippen LogP contribution is -2.12. The van der Waals surface area contributed by atoms with Crippen molar-refractivity contribution in [2.45, 2.75) is 13.5 Å². The Balaban J connectivity index is 2.41. The molecule has 0 spiro atoms. The largest absolute Gasteiger partial charge is 0.309 e. The molecule has 0 amide bonds. The lowest BCUT2D eigenvalue weighted by Gasteiger charge is -2.01. The van der Waals surface area contributed by atoms with Crippen LogP contribution in [0.1, 0.15) is 18.1 Å². The second-order valence-electron chi connectivity index (χ2n) is 3.01. The highest BCUT2D eigenvalue weighted by Gasteiger charge is 1.92. The third-order valence-corrected chi connectivity index (χ3v) is 1.91. The molecule has 0 atom stereocenters. The van der Waals surface area contributed by atoms with Gasteiger partial charge in [-0.15, -0.1) is 0 Å². The van der Waals surface area contributed by atoms with Gasteiger partial charge in [0, 0.05) is 13.1 Å². The van der Waals surface area contributed by atoms with E-state index in [1.165, 1.54) is 5.56 Å². The topological polar surface area (TPSA) is 35.8 Å². The molecule has 0 heterocycles. The van der Waals surface area contributed by atoms with E-state index in [0.29, 0.717) is 5.56 Å². The van der Waals surface area contributed by atoms with Crippen molar-refractivity contribution in [1.82, 2.24) is 5.32 Å². The van der Waals surface area contributed by atoms with E-state index < -0.39 is 0 Å². The second-order valence-corrected chi connectivity index (χ2v) is 3.01. The van der Waals surface area contributed by atoms with Crippen LogP contribution in [0.5, 0.6) is 0 Å². The highest BCUT2D eigenvalue weighted by molar-refractivity contribution is 5.31. The summed E-state index contributed by atoms with van der Waals surface area (Å²) in [5.74, 6) is 0. The van der Waals surface area contributed by atoms with Crippen molar-refractivity contribution in [2.24, 2.45) is 0 Å². The molecule has 0 saturated carbocycles. The van der Waals surface area contributed by atoms with Crippen molar-refractivity contribution in [3.63, 3.8) is 0 Å². The average Bonchev–Trinajstić information content (AvgIpc) is 2.25. The number of hydrogen-bond acceptors (Lipinski definition) is 2. The van der Waals surface area contributed by atoms with Crippen molar-refractivity contribution < 1.29 is 0 Å². The molecule has 2 heteroatoms. The molecular formula is C12H14N2. The fraction of sp³-hybridized carbons (Fsp3) is 0.250. The summed E-state index contributed by atoms with van der Waals surface area (Å²) in [6.07, 6.45) is 4.09. The highest BCUT2D eigenvalue weighted by Crippen LogP contribution is 2.02. The van der Waals surface area contributed by atoms with Crippen LogP contribution >= 0.6 is 0 Å². The first-order chi connectivity index (χ1) is 6.86. The van der Waals surface area contributed by atoms with E-state index in [0.717, 1.165) is 13.1 Å². The van der Waals surface area contributed by atoms with Crippen LogP contribution in [0.15, 0.2) is 36.4 Å². The van der Waals surface area contributed by atoms with Gasteiger partial charge in [-0.05, 0) is 24.6 Å². The van der Waals surface area contributed by atoms with Crippen LogP contribution in [0.4, 0.5) is 0 Å². The van der Waals surface area contributed by atoms with Gasteiger partial charge in [0.1, 0.15) is 0 Å². The van der Waals surface area contributed by atoms with Crippen molar-refractivity contribution in [3.8, 4) is 6.07 Å². The maximum Gasteiger partial charge on any atom is 0.0991 e. The Morgan fingerprint density at radius 1 is 1.36 bits per heavy atom. The van der Waals surface area contributed by atoms with Crippen LogP contribution in [0, 0.1) is 11.3 Å². The van der Waals surface area contributed by atoms with Gasteiger partial charge in [0.15, 0.2) is 0 Å². The number of hydrogen-bond donors (Lipinski definition) is 1. The molecule has 0 saturated heterocycles. The summed E-state index contributed by atoms with van der Waals surface area (Å²) < 4.78 is 0. The molecule has 0 aromatic heterocycles. The van der Waals surface area contributed by atoms with E-state index in [4.69, 9.17) is 5.26 Å². The molecule has 0 bridgehead atoms. The van der Waals surface area contributed by atoms with E-state index in [2.05, 4.69) is 17.5 Å². The fourth-order valence-corrected chi connectivity index (χ4v) is 1.11. The molecule has 0 fully saturated rings. The lowest BCUT2D eigenvalue weighted by molar-refractivity contribution is 0.759. The van der Waals surface area contributed by atoms with Crippen molar-refractivity contribution >= 4 is 0 Å². The summed E-state index contributed by atoms with van der Waals surface area (Å²) in [5.41, 5.74) is 1.91. The molecule has 0 aliphatic carbocycles.